The van der Waals surface area contributed by atoms with Gasteiger partial charge in [-0.05, 0) is 19.3 Å². The molecule has 0 aliphatic heterocycles. The number of ether oxygens (including phenoxy) is 3. The van der Waals surface area contributed by atoms with Crippen LogP contribution in [0.15, 0.2) is 0 Å². The van der Waals surface area contributed by atoms with Crippen LogP contribution in [0.2, 0.25) is 0 Å². The third-order valence-corrected chi connectivity index (χ3v) is 17.6. The van der Waals surface area contributed by atoms with Gasteiger partial charge in [0.15, 0.2) is 6.10 Å². The van der Waals surface area contributed by atoms with Gasteiger partial charge in [-0.25, -0.2) is 0 Å². The van der Waals surface area contributed by atoms with Gasteiger partial charge in [0.25, 0.3) is 0 Å². The first-order valence-electron chi connectivity index (χ1n) is 37.5. The van der Waals surface area contributed by atoms with Crippen molar-refractivity contribution in [2.75, 3.05) is 13.2 Å². The minimum atomic E-state index is -0.764. The van der Waals surface area contributed by atoms with Crippen LogP contribution >= 0.6 is 0 Å². The van der Waals surface area contributed by atoms with Gasteiger partial charge in [0, 0.05) is 19.3 Å². The van der Waals surface area contributed by atoms with Crippen LogP contribution < -0.4 is 0 Å². The van der Waals surface area contributed by atoms with E-state index < -0.39 is 6.10 Å². The Bertz CT molecular complexity index is 1220. The third kappa shape index (κ3) is 69.1. The van der Waals surface area contributed by atoms with E-state index in [1.54, 1.807) is 0 Å². The molecule has 0 radical (unpaired) electrons. The number of unbranched alkanes of at least 4 members (excludes halogenated alkanes) is 60. The molecule has 0 aliphatic carbocycles. The van der Waals surface area contributed by atoms with E-state index >= 15 is 0 Å². The van der Waals surface area contributed by atoms with E-state index in [-0.39, 0.29) is 31.1 Å². The van der Waals surface area contributed by atoms with E-state index in [1.165, 1.54) is 347 Å². The summed E-state index contributed by atoms with van der Waals surface area (Å²) in [4.78, 5) is 38.5. The zero-order valence-corrected chi connectivity index (χ0v) is 55.6. The van der Waals surface area contributed by atoms with Crippen molar-refractivity contribution < 1.29 is 28.6 Å². The van der Waals surface area contributed by atoms with Gasteiger partial charge in [-0.3, -0.25) is 14.4 Å². The maximum absolute atomic E-state index is 13.0. The van der Waals surface area contributed by atoms with Gasteiger partial charge in [-0.1, -0.05) is 406 Å². The molecule has 81 heavy (non-hydrogen) atoms. The van der Waals surface area contributed by atoms with Gasteiger partial charge in [0.2, 0.25) is 0 Å². The fraction of sp³-hybridized carbons (Fsp3) is 0.960. The molecule has 0 saturated carbocycles. The highest BCUT2D eigenvalue weighted by Gasteiger charge is 2.20. The van der Waals surface area contributed by atoms with Crippen molar-refractivity contribution in [2.24, 2.45) is 0 Å². The van der Waals surface area contributed by atoms with E-state index in [9.17, 15) is 14.4 Å². The number of esters is 3. The molecule has 0 saturated heterocycles. The van der Waals surface area contributed by atoms with Crippen molar-refractivity contribution >= 4 is 17.9 Å². The number of carbonyl (C=O) groups excluding carboxylic acids is 3. The largest absolute Gasteiger partial charge is 0.462 e. The molecule has 6 nitrogen and oxygen atoms in total. The zero-order valence-electron chi connectivity index (χ0n) is 55.6. The molecular weight excluding hydrogens is 997 g/mol. The quantitative estimate of drug-likeness (QED) is 0.0343. The Morgan fingerprint density at radius 1 is 0.198 bits per heavy atom. The van der Waals surface area contributed by atoms with E-state index in [0.29, 0.717) is 19.3 Å². The molecule has 0 fully saturated rings. The number of hydrogen-bond acceptors (Lipinski definition) is 6. The molecule has 1 atom stereocenters. The fourth-order valence-corrected chi connectivity index (χ4v) is 12.0. The van der Waals surface area contributed by atoms with Crippen molar-refractivity contribution in [3.05, 3.63) is 0 Å². The molecule has 0 bridgehead atoms. The highest BCUT2D eigenvalue weighted by molar-refractivity contribution is 5.71. The van der Waals surface area contributed by atoms with Crippen molar-refractivity contribution in [1.82, 2.24) is 0 Å². The molecule has 0 rings (SSSR count). The minimum absolute atomic E-state index is 0.0599. The van der Waals surface area contributed by atoms with Crippen molar-refractivity contribution in [3.8, 4) is 0 Å². The monoisotopic (exact) mass is 1140 g/mol. The van der Waals surface area contributed by atoms with Gasteiger partial charge in [-0.15, -0.1) is 0 Å². The molecule has 0 N–H and O–H groups in total. The zero-order chi connectivity index (χ0) is 58.5. The lowest BCUT2D eigenvalue weighted by atomic mass is 10.0. The molecule has 0 aromatic heterocycles. The molecular formula is C75H146O6. The highest BCUT2D eigenvalue weighted by atomic mass is 16.6. The maximum atomic E-state index is 13.0. The van der Waals surface area contributed by atoms with Crippen LogP contribution in [0.5, 0.6) is 0 Å². The maximum Gasteiger partial charge on any atom is 0.306 e. The van der Waals surface area contributed by atoms with Gasteiger partial charge in [0.1, 0.15) is 13.2 Å². The van der Waals surface area contributed by atoms with Crippen LogP contribution in [0, 0.1) is 0 Å². The Morgan fingerprint density at radius 2 is 0.333 bits per heavy atom. The first kappa shape index (κ1) is 79.4. The van der Waals surface area contributed by atoms with Crippen molar-refractivity contribution in [2.45, 2.75) is 451 Å². The van der Waals surface area contributed by atoms with Crippen molar-refractivity contribution in [1.29, 1.82) is 0 Å². The molecule has 482 valence electrons. The van der Waals surface area contributed by atoms with Crippen LogP contribution in [-0.2, 0) is 28.6 Å². The average Bonchev–Trinajstić information content (AvgIpc) is 3.47. The summed E-state index contributed by atoms with van der Waals surface area (Å²) in [5.74, 6) is -0.816. The molecule has 0 aromatic rings. The molecule has 0 spiro atoms. The summed E-state index contributed by atoms with van der Waals surface area (Å²) in [6.45, 7) is 6.75. The summed E-state index contributed by atoms with van der Waals surface area (Å²) < 4.78 is 17.0. The van der Waals surface area contributed by atoms with E-state index in [0.717, 1.165) is 57.8 Å². The fourth-order valence-electron chi connectivity index (χ4n) is 12.0. The van der Waals surface area contributed by atoms with Crippen LogP contribution in [-0.4, -0.2) is 37.2 Å². The predicted octanol–water partition coefficient (Wildman–Crippen LogP) is 25.8. The Kier molecular flexibility index (Phi) is 69.5. The number of rotatable bonds is 71. The van der Waals surface area contributed by atoms with E-state index in [1.807, 2.05) is 0 Å². The third-order valence-electron chi connectivity index (χ3n) is 17.6. The SMILES string of the molecule is CCCCCCCCCCCCCCCCCCCCCCCCCCCCCCC(=O)OCC(COC(=O)CCCCCCCCCCCCCCCCC)OC(=O)CCCCCCCCCCCCCCCCCCCCCC. The summed E-state index contributed by atoms with van der Waals surface area (Å²) in [5.41, 5.74) is 0. The lowest BCUT2D eigenvalue weighted by Crippen LogP contribution is -2.30. The normalized spacial score (nSPS) is 11.9. The Labute approximate surface area is 508 Å². The average molecular weight is 1140 g/mol. The van der Waals surface area contributed by atoms with Crippen LogP contribution in [0.3, 0.4) is 0 Å². The topological polar surface area (TPSA) is 78.9 Å². The summed E-state index contributed by atoms with van der Waals surface area (Å²) in [7, 11) is 0. The van der Waals surface area contributed by atoms with Gasteiger partial charge < -0.3 is 14.2 Å². The summed E-state index contributed by atoms with van der Waals surface area (Å²) >= 11 is 0. The molecule has 6 heteroatoms. The Morgan fingerprint density at radius 3 is 0.494 bits per heavy atom. The van der Waals surface area contributed by atoms with E-state index in [4.69, 9.17) is 14.2 Å². The van der Waals surface area contributed by atoms with Crippen LogP contribution in [0.1, 0.15) is 445 Å². The van der Waals surface area contributed by atoms with Crippen LogP contribution in [0.25, 0.3) is 0 Å². The Hall–Kier alpha value is -1.59. The second-order valence-electron chi connectivity index (χ2n) is 25.9. The minimum Gasteiger partial charge on any atom is -0.462 e. The second-order valence-corrected chi connectivity index (χ2v) is 25.9. The summed E-state index contributed by atoms with van der Waals surface area (Å²) in [6.07, 6.45) is 84.4. The first-order chi connectivity index (χ1) is 40.0. The lowest BCUT2D eigenvalue weighted by molar-refractivity contribution is -0.167. The molecule has 0 aromatic carbocycles. The molecule has 1 unspecified atom stereocenters. The van der Waals surface area contributed by atoms with Crippen LogP contribution in [0.4, 0.5) is 0 Å². The number of hydrogen-bond donors (Lipinski definition) is 0. The van der Waals surface area contributed by atoms with Gasteiger partial charge in [0.05, 0.1) is 0 Å². The standard InChI is InChI=1S/C75H146O6/c1-4-7-10-13-16-19-22-25-28-30-32-34-35-36-37-38-39-40-41-43-44-47-50-53-56-59-62-65-68-74(77)80-71-72(70-79-73(76)67-64-61-58-55-52-49-46-27-24-21-18-15-12-9-6-3)81-75(78)69-66-63-60-57-54-51-48-45-42-33-31-29-26-23-20-17-14-11-8-5-2/h72H,4-71H2,1-3H3. The van der Waals surface area contributed by atoms with Gasteiger partial charge in [-0.2, -0.15) is 0 Å². The summed E-state index contributed by atoms with van der Waals surface area (Å²) in [5, 5.41) is 0. The predicted molar refractivity (Wildman–Crippen MR) is 354 cm³/mol. The highest BCUT2D eigenvalue weighted by Crippen LogP contribution is 2.20. The Balaban J connectivity index is 4.17. The first-order valence-corrected chi connectivity index (χ1v) is 37.5. The number of carbonyl (C=O) groups is 3. The second kappa shape index (κ2) is 70.9. The van der Waals surface area contributed by atoms with Crippen molar-refractivity contribution in [3.63, 3.8) is 0 Å². The molecule has 0 amide bonds. The lowest BCUT2D eigenvalue weighted by Gasteiger charge is -2.18. The molecule has 0 aliphatic rings. The smallest absolute Gasteiger partial charge is 0.306 e. The van der Waals surface area contributed by atoms with Gasteiger partial charge >= 0.3 is 17.9 Å². The molecule has 0 heterocycles. The van der Waals surface area contributed by atoms with E-state index in [2.05, 4.69) is 20.8 Å². The summed E-state index contributed by atoms with van der Waals surface area (Å²) in [6, 6.07) is 0.